The Morgan fingerprint density at radius 1 is 1.35 bits per heavy atom. The van der Waals surface area contributed by atoms with Crippen LogP contribution >= 0.6 is 0 Å². The van der Waals surface area contributed by atoms with Gasteiger partial charge in [-0.15, -0.1) is 0 Å². The Hall–Kier alpha value is -1.75. The first kappa shape index (κ1) is 16.3. The average Bonchev–Trinajstić information content (AvgIpc) is 2.46. The Morgan fingerprint density at radius 3 is 2.60 bits per heavy atom. The highest BCUT2D eigenvalue weighted by atomic mass is 16.5. The summed E-state index contributed by atoms with van der Waals surface area (Å²) >= 11 is 0. The molecule has 0 aromatic heterocycles. The molecule has 1 rings (SSSR count). The second-order valence-corrected chi connectivity index (χ2v) is 4.77. The molecule has 0 saturated heterocycles. The Morgan fingerprint density at radius 2 is 2.05 bits per heavy atom. The Labute approximate surface area is 120 Å². The van der Waals surface area contributed by atoms with E-state index in [1.54, 1.807) is 26.2 Å². The van der Waals surface area contributed by atoms with Crippen molar-refractivity contribution < 1.29 is 14.3 Å². The second-order valence-electron chi connectivity index (χ2n) is 4.77. The Bertz CT molecular complexity index is 449. The number of amides is 1. The van der Waals surface area contributed by atoms with Crippen LogP contribution < -0.4 is 20.5 Å². The maximum absolute atomic E-state index is 12.0. The van der Waals surface area contributed by atoms with Gasteiger partial charge in [0.1, 0.15) is 0 Å². The summed E-state index contributed by atoms with van der Waals surface area (Å²) < 4.78 is 10.9. The van der Waals surface area contributed by atoms with Crippen LogP contribution in [-0.2, 0) is 11.3 Å². The summed E-state index contributed by atoms with van der Waals surface area (Å²) in [6, 6.07) is 5.59. The van der Waals surface area contributed by atoms with Gasteiger partial charge in [0.2, 0.25) is 0 Å². The van der Waals surface area contributed by atoms with Gasteiger partial charge in [-0.3, -0.25) is 4.79 Å². The number of ether oxygens (including phenoxy) is 2. The van der Waals surface area contributed by atoms with E-state index in [2.05, 4.69) is 5.32 Å². The van der Waals surface area contributed by atoms with E-state index in [0.717, 1.165) is 12.0 Å². The number of carbonyl (C=O) groups is 1. The molecule has 0 spiro atoms. The quantitative estimate of drug-likeness (QED) is 0.799. The monoisotopic (exact) mass is 280 g/mol. The van der Waals surface area contributed by atoms with Gasteiger partial charge in [-0.2, -0.15) is 0 Å². The van der Waals surface area contributed by atoms with Gasteiger partial charge in [-0.1, -0.05) is 13.0 Å². The third-order valence-electron chi connectivity index (χ3n) is 3.14. The van der Waals surface area contributed by atoms with E-state index in [1.807, 2.05) is 19.9 Å². The van der Waals surface area contributed by atoms with Gasteiger partial charge in [-0.05, 0) is 38.0 Å². The number of hydrogen-bond acceptors (Lipinski definition) is 4. The molecule has 0 fully saturated rings. The van der Waals surface area contributed by atoms with Crippen molar-refractivity contribution in [1.29, 1.82) is 0 Å². The molecular weight excluding hydrogens is 256 g/mol. The molecule has 1 amide bonds. The predicted octanol–water partition coefficient (Wildman–Crippen LogP) is 1.84. The Balaban J connectivity index is 2.78. The number of methoxy groups -OCH3 is 1. The SMILES string of the molecule is CCC(C)NC(=O)C(C)Oc1cc(CN)ccc1OC. The van der Waals surface area contributed by atoms with E-state index in [-0.39, 0.29) is 11.9 Å². The first-order valence-electron chi connectivity index (χ1n) is 6.85. The minimum atomic E-state index is -0.592. The largest absolute Gasteiger partial charge is 0.493 e. The molecule has 20 heavy (non-hydrogen) atoms. The van der Waals surface area contributed by atoms with Gasteiger partial charge >= 0.3 is 0 Å². The summed E-state index contributed by atoms with van der Waals surface area (Å²) in [7, 11) is 1.56. The first-order chi connectivity index (χ1) is 9.51. The summed E-state index contributed by atoms with van der Waals surface area (Å²) in [6.07, 6.45) is 0.288. The highest BCUT2D eigenvalue weighted by Gasteiger charge is 2.18. The maximum Gasteiger partial charge on any atom is 0.260 e. The normalized spacial score (nSPS) is 13.4. The van der Waals surface area contributed by atoms with Gasteiger partial charge in [0.05, 0.1) is 7.11 Å². The minimum absolute atomic E-state index is 0.130. The average molecular weight is 280 g/mol. The molecule has 0 heterocycles. The van der Waals surface area contributed by atoms with Crippen LogP contribution in [0.3, 0.4) is 0 Å². The van der Waals surface area contributed by atoms with Crippen LogP contribution in [0.25, 0.3) is 0 Å². The molecule has 0 radical (unpaired) electrons. The van der Waals surface area contributed by atoms with E-state index >= 15 is 0 Å². The molecule has 2 unspecified atom stereocenters. The van der Waals surface area contributed by atoms with Crippen molar-refractivity contribution in [3.05, 3.63) is 23.8 Å². The third kappa shape index (κ3) is 4.42. The molecule has 0 bridgehead atoms. The van der Waals surface area contributed by atoms with Crippen LogP contribution in [0, 0.1) is 0 Å². The van der Waals surface area contributed by atoms with Crippen LogP contribution in [0.4, 0.5) is 0 Å². The zero-order valence-electron chi connectivity index (χ0n) is 12.6. The van der Waals surface area contributed by atoms with E-state index in [1.165, 1.54) is 0 Å². The van der Waals surface area contributed by atoms with Crippen molar-refractivity contribution in [1.82, 2.24) is 5.32 Å². The molecule has 2 atom stereocenters. The second kappa shape index (κ2) is 7.75. The van der Waals surface area contributed by atoms with Crippen molar-refractivity contribution in [2.24, 2.45) is 5.73 Å². The van der Waals surface area contributed by atoms with Gasteiger partial charge in [-0.25, -0.2) is 0 Å². The standard InChI is InChI=1S/C15H24N2O3/c1-5-10(2)17-15(18)11(3)20-14-8-12(9-16)6-7-13(14)19-4/h6-8,10-11H,5,9,16H2,1-4H3,(H,17,18). The highest BCUT2D eigenvalue weighted by Crippen LogP contribution is 2.28. The summed E-state index contributed by atoms with van der Waals surface area (Å²) in [4.78, 5) is 12.0. The van der Waals surface area contributed by atoms with Crippen LogP contribution in [0.15, 0.2) is 18.2 Å². The Kier molecular flexibility index (Phi) is 6.31. The molecule has 0 aliphatic carbocycles. The van der Waals surface area contributed by atoms with Gasteiger partial charge in [0.15, 0.2) is 17.6 Å². The molecule has 112 valence electrons. The lowest BCUT2D eigenvalue weighted by Crippen LogP contribution is -2.41. The number of nitrogens with one attached hydrogen (secondary N) is 1. The van der Waals surface area contributed by atoms with Crippen LogP contribution in [0.2, 0.25) is 0 Å². The third-order valence-corrected chi connectivity index (χ3v) is 3.14. The molecular formula is C15H24N2O3. The van der Waals surface area contributed by atoms with Gasteiger partial charge < -0.3 is 20.5 Å². The summed E-state index contributed by atoms with van der Waals surface area (Å²) in [5, 5.41) is 2.89. The van der Waals surface area contributed by atoms with E-state index in [4.69, 9.17) is 15.2 Å². The van der Waals surface area contributed by atoms with E-state index in [9.17, 15) is 4.79 Å². The number of benzene rings is 1. The van der Waals surface area contributed by atoms with Gasteiger partial charge in [0.25, 0.3) is 5.91 Å². The predicted molar refractivity (Wildman–Crippen MR) is 78.9 cm³/mol. The highest BCUT2D eigenvalue weighted by molar-refractivity contribution is 5.81. The van der Waals surface area contributed by atoms with Crippen molar-refractivity contribution in [2.75, 3.05) is 7.11 Å². The maximum atomic E-state index is 12.0. The van der Waals surface area contributed by atoms with E-state index in [0.29, 0.717) is 18.0 Å². The zero-order valence-corrected chi connectivity index (χ0v) is 12.6. The molecule has 0 aliphatic rings. The molecule has 1 aromatic rings. The van der Waals surface area contributed by atoms with Crippen LogP contribution in [0.5, 0.6) is 11.5 Å². The molecule has 0 saturated carbocycles. The number of nitrogens with two attached hydrogens (primary N) is 1. The van der Waals surface area contributed by atoms with Crippen molar-refractivity contribution in [3.8, 4) is 11.5 Å². The minimum Gasteiger partial charge on any atom is -0.493 e. The molecule has 3 N–H and O–H groups in total. The topological polar surface area (TPSA) is 73.6 Å². The van der Waals surface area contributed by atoms with Crippen LogP contribution in [-0.4, -0.2) is 25.2 Å². The molecule has 1 aromatic carbocycles. The smallest absolute Gasteiger partial charge is 0.260 e. The number of carbonyl (C=O) groups excluding carboxylic acids is 1. The fourth-order valence-electron chi connectivity index (χ4n) is 1.65. The summed E-state index contributed by atoms with van der Waals surface area (Å²) in [6.45, 7) is 6.10. The molecule has 5 nitrogen and oxygen atoms in total. The lowest BCUT2D eigenvalue weighted by molar-refractivity contribution is -0.127. The van der Waals surface area contributed by atoms with E-state index < -0.39 is 6.10 Å². The molecule has 0 aliphatic heterocycles. The first-order valence-corrected chi connectivity index (χ1v) is 6.85. The lowest BCUT2D eigenvalue weighted by atomic mass is 10.2. The summed E-state index contributed by atoms with van der Waals surface area (Å²) in [5.74, 6) is 0.979. The fraction of sp³-hybridized carbons (Fsp3) is 0.533. The van der Waals surface area contributed by atoms with Crippen molar-refractivity contribution in [2.45, 2.75) is 45.9 Å². The summed E-state index contributed by atoms with van der Waals surface area (Å²) in [5.41, 5.74) is 6.54. The zero-order chi connectivity index (χ0) is 15.1. The van der Waals surface area contributed by atoms with Gasteiger partial charge in [0, 0.05) is 12.6 Å². The molecule has 5 heteroatoms. The number of hydrogen-bond donors (Lipinski definition) is 2. The fourth-order valence-corrected chi connectivity index (χ4v) is 1.65. The van der Waals surface area contributed by atoms with Crippen molar-refractivity contribution in [3.63, 3.8) is 0 Å². The lowest BCUT2D eigenvalue weighted by Gasteiger charge is -2.19. The van der Waals surface area contributed by atoms with Crippen LogP contribution in [0.1, 0.15) is 32.8 Å². The van der Waals surface area contributed by atoms with Crippen molar-refractivity contribution >= 4 is 5.91 Å². The number of rotatable bonds is 7.